The fourth-order valence-corrected chi connectivity index (χ4v) is 4.52. The zero-order valence-corrected chi connectivity index (χ0v) is 16.6. The molecule has 1 atom stereocenters. The molecule has 1 amide bonds. The fraction of sp³-hybridized carbons (Fsp3) is 0.611. The molecule has 3 rings (SSSR count). The van der Waals surface area contributed by atoms with Crippen LogP contribution in [0.4, 0.5) is 0 Å². The summed E-state index contributed by atoms with van der Waals surface area (Å²) in [5.41, 5.74) is 0. The van der Waals surface area contributed by atoms with Gasteiger partial charge >= 0.3 is 0 Å². The average molecular weight is 397 g/mol. The summed E-state index contributed by atoms with van der Waals surface area (Å²) in [5.74, 6) is 1.01. The number of nitrogens with zero attached hydrogens (tertiary/aromatic N) is 2. The van der Waals surface area contributed by atoms with Crippen molar-refractivity contribution in [1.82, 2.24) is 14.5 Å². The number of carbonyl (C=O) groups excluding carboxylic acids is 1. The van der Waals surface area contributed by atoms with E-state index in [4.69, 9.17) is 9.47 Å². The van der Waals surface area contributed by atoms with E-state index in [0.717, 1.165) is 6.42 Å². The number of carbonyl (C=O) groups is 1. The van der Waals surface area contributed by atoms with E-state index in [1.165, 1.54) is 10.4 Å². The highest BCUT2D eigenvalue weighted by molar-refractivity contribution is 7.89. The Bertz CT molecular complexity index is 775. The monoisotopic (exact) mass is 397 g/mol. The van der Waals surface area contributed by atoms with Gasteiger partial charge in [0.25, 0.3) is 0 Å². The molecule has 1 aromatic rings. The van der Waals surface area contributed by atoms with Gasteiger partial charge in [-0.1, -0.05) is 6.92 Å². The summed E-state index contributed by atoms with van der Waals surface area (Å²) in [7, 11) is -3.60. The van der Waals surface area contributed by atoms with Crippen molar-refractivity contribution in [3.8, 4) is 11.5 Å². The maximum Gasteiger partial charge on any atom is 0.243 e. The van der Waals surface area contributed by atoms with Crippen molar-refractivity contribution in [3.05, 3.63) is 18.2 Å². The van der Waals surface area contributed by atoms with Crippen LogP contribution in [-0.4, -0.2) is 75.5 Å². The Labute approximate surface area is 160 Å². The average Bonchev–Trinajstić information content (AvgIpc) is 2.67. The highest BCUT2D eigenvalue weighted by Gasteiger charge is 2.30. The summed E-state index contributed by atoms with van der Waals surface area (Å²) in [6.07, 6.45) is 0.882. The standard InChI is InChI=1S/C18H27N3O5S/c1-3-14(2)19-18(22)13-20-6-8-21(9-7-20)27(23,24)15-4-5-16-17(12-15)26-11-10-25-16/h4-5,12,14H,3,6-11,13H2,1-2H3,(H,19,22). The van der Waals surface area contributed by atoms with E-state index in [2.05, 4.69) is 5.32 Å². The van der Waals surface area contributed by atoms with Crippen molar-refractivity contribution >= 4 is 15.9 Å². The van der Waals surface area contributed by atoms with Gasteiger partial charge in [0.05, 0.1) is 11.4 Å². The molecule has 1 unspecified atom stereocenters. The predicted molar refractivity (Wildman–Crippen MR) is 101 cm³/mol. The summed E-state index contributed by atoms with van der Waals surface area (Å²) in [5, 5.41) is 2.93. The smallest absolute Gasteiger partial charge is 0.243 e. The van der Waals surface area contributed by atoms with E-state index in [-0.39, 0.29) is 16.8 Å². The topological polar surface area (TPSA) is 88.2 Å². The number of piperazine rings is 1. The van der Waals surface area contributed by atoms with Crippen molar-refractivity contribution in [2.24, 2.45) is 0 Å². The summed E-state index contributed by atoms with van der Waals surface area (Å²) in [6.45, 7) is 6.92. The number of amides is 1. The van der Waals surface area contributed by atoms with Gasteiger partial charge in [-0.3, -0.25) is 9.69 Å². The Morgan fingerprint density at radius 2 is 1.81 bits per heavy atom. The summed E-state index contributed by atoms with van der Waals surface area (Å²) in [4.78, 5) is 14.2. The van der Waals surface area contributed by atoms with Crippen LogP contribution in [0.25, 0.3) is 0 Å². The SMILES string of the molecule is CCC(C)NC(=O)CN1CCN(S(=O)(=O)c2ccc3c(c2)OCCO3)CC1. The molecule has 2 aliphatic heterocycles. The van der Waals surface area contributed by atoms with Gasteiger partial charge in [0.1, 0.15) is 13.2 Å². The molecular formula is C18H27N3O5S. The maximum atomic E-state index is 12.9. The van der Waals surface area contributed by atoms with Crippen LogP contribution < -0.4 is 14.8 Å². The van der Waals surface area contributed by atoms with Crippen LogP contribution in [0.1, 0.15) is 20.3 Å². The number of fused-ring (bicyclic) bond motifs is 1. The van der Waals surface area contributed by atoms with Crippen LogP contribution in [-0.2, 0) is 14.8 Å². The van der Waals surface area contributed by atoms with Gasteiger partial charge in [0.15, 0.2) is 11.5 Å². The van der Waals surface area contributed by atoms with Crippen molar-refractivity contribution < 1.29 is 22.7 Å². The first-order chi connectivity index (χ1) is 12.9. The molecule has 150 valence electrons. The van der Waals surface area contributed by atoms with E-state index in [1.807, 2.05) is 18.7 Å². The van der Waals surface area contributed by atoms with Gasteiger partial charge in [0.2, 0.25) is 15.9 Å². The minimum absolute atomic E-state index is 0.0208. The van der Waals surface area contributed by atoms with Crippen molar-refractivity contribution in [1.29, 1.82) is 0 Å². The third-order valence-corrected chi connectivity index (χ3v) is 6.76. The number of benzene rings is 1. The first-order valence-corrected chi connectivity index (χ1v) is 10.8. The highest BCUT2D eigenvalue weighted by atomic mass is 32.2. The minimum Gasteiger partial charge on any atom is -0.486 e. The Morgan fingerprint density at radius 1 is 1.15 bits per heavy atom. The van der Waals surface area contributed by atoms with E-state index in [0.29, 0.717) is 57.4 Å². The minimum atomic E-state index is -3.60. The molecule has 0 spiro atoms. The molecule has 0 aromatic heterocycles. The lowest BCUT2D eigenvalue weighted by Crippen LogP contribution is -2.51. The van der Waals surface area contributed by atoms with E-state index < -0.39 is 10.0 Å². The van der Waals surface area contributed by atoms with Crippen LogP contribution in [0.3, 0.4) is 0 Å². The molecule has 1 fully saturated rings. The third kappa shape index (κ3) is 4.72. The Kier molecular flexibility index (Phi) is 6.23. The molecule has 2 heterocycles. The lowest BCUT2D eigenvalue weighted by molar-refractivity contribution is -0.123. The second kappa shape index (κ2) is 8.45. The van der Waals surface area contributed by atoms with Gasteiger partial charge in [-0.25, -0.2) is 8.42 Å². The van der Waals surface area contributed by atoms with Crippen molar-refractivity contribution in [2.75, 3.05) is 45.9 Å². The molecule has 1 aromatic carbocycles. The van der Waals surface area contributed by atoms with Crippen molar-refractivity contribution in [2.45, 2.75) is 31.2 Å². The van der Waals surface area contributed by atoms with Gasteiger partial charge < -0.3 is 14.8 Å². The number of hydrogen-bond acceptors (Lipinski definition) is 6. The maximum absolute atomic E-state index is 12.9. The summed E-state index contributed by atoms with van der Waals surface area (Å²) < 4.78 is 38.2. The first-order valence-electron chi connectivity index (χ1n) is 9.31. The second-order valence-electron chi connectivity index (χ2n) is 6.86. The second-order valence-corrected chi connectivity index (χ2v) is 8.80. The lowest BCUT2D eigenvalue weighted by Gasteiger charge is -2.33. The Balaban J connectivity index is 1.59. The molecule has 0 radical (unpaired) electrons. The zero-order chi connectivity index (χ0) is 19.4. The van der Waals surface area contributed by atoms with Gasteiger partial charge in [-0.2, -0.15) is 4.31 Å². The number of ether oxygens (including phenoxy) is 2. The normalized spacial score (nSPS) is 19.5. The summed E-state index contributed by atoms with van der Waals surface area (Å²) >= 11 is 0. The number of sulfonamides is 1. The quantitative estimate of drug-likeness (QED) is 0.760. The number of rotatable bonds is 6. The van der Waals surface area contributed by atoms with Crippen LogP contribution in [0.5, 0.6) is 11.5 Å². The largest absolute Gasteiger partial charge is 0.486 e. The molecule has 1 N–H and O–H groups in total. The van der Waals surface area contributed by atoms with Crippen LogP contribution in [0, 0.1) is 0 Å². The molecule has 0 saturated carbocycles. The number of hydrogen-bond donors (Lipinski definition) is 1. The predicted octanol–water partition coefficient (Wildman–Crippen LogP) is 0.679. The highest BCUT2D eigenvalue weighted by Crippen LogP contribution is 2.33. The molecular weight excluding hydrogens is 370 g/mol. The molecule has 8 nitrogen and oxygen atoms in total. The molecule has 9 heteroatoms. The van der Waals surface area contributed by atoms with Gasteiger partial charge in [-0.15, -0.1) is 0 Å². The third-order valence-electron chi connectivity index (χ3n) is 4.87. The molecule has 2 aliphatic rings. The van der Waals surface area contributed by atoms with E-state index in [9.17, 15) is 13.2 Å². The van der Waals surface area contributed by atoms with Crippen molar-refractivity contribution in [3.63, 3.8) is 0 Å². The summed E-state index contributed by atoms with van der Waals surface area (Å²) in [6, 6.07) is 4.86. The van der Waals surface area contributed by atoms with E-state index in [1.54, 1.807) is 12.1 Å². The fourth-order valence-electron chi connectivity index (χ4n) is 3.09. The van der Waals surface area contributed by atoms with Gasteiger partial charge in [0, 0.05) is 38.3 Å². The number of nitrogens with one attached hydrogen (secondary N) is 1. The van der Waals surface area contributed by atoms with Crippen LogP contribution in [0.15, 0.2) is 23.1 Å². The van der Waals surface area contributed by atoms with E-state index >= 15 is 0 Å². The lowest BCUT2D eigenvalue weighted by atomic mass is 10.2. The molecule has 0 bridgehead atoms. The Morgan fingerprint density at radius 3 is 2.48 bits per heavy atom. The van der Waals surface area contributed by atoms with Crippen LogP contribution in [0.2, 0.25) is 0 Å². The molecule has 0 aliphatic carbocycles. The Hall–Kier alpha value is -1.84. The first kappa shape index (κ1) is 19.9. The zero-order valence-electron chi connectivity index (χ0n) is 15.8. The molecule has 27 heavy (non-hydrogen) atoms. The van der Waals surface area contributed by atoms with Gasteiger partial charge in [-0.05, 0) is 25.5 Å². The molecule has 1 saturated heterocycles. The van der Waals surface area contributed by atoms with Crippen LogP contribution >= 0.6 is 0 Å².